The molecule has 3 aromatic heterocycles. The van der Waals surface area contributed by atoms with Crippen LogP contribution in [0.5, 0.6) is 0 Å². The van der Waals surface area contributed by atoms with Crippen molar-refractivity contribution in [2.24, 2.45) is 36.1 Å². The van der Waals surface area contributed by atoms with Gasteiger partial charge in [-0.3, -0.25) is 43.1 Å². The molecule has 0 radical (unpaired) electrons. The van der Waals surface area contributed by atoms with E-state index in [9.17, 15) is 41.9 Å². The first-order valence-corrected chi connectivity index (χ1v) is 34.3. The summed E-state index contributed by atoms with van der Waals surface area (Å²) in [6.07, 6.45) is 0.202. The number of imidazole rings is 3. The van der Waals surface area contributed by atoms with E-state index in [2.05, 4.69) is 21.0 Å². The number of carbonyl (C=O) groups excluding carboxylic acids is 3. The summed E-state index contributed by atoms with van der Waals surface area (Å²) >= 11 is 18.9. The molecule has 0 saturated carbocycles. The fourth-order valence-electron chi connectivity index (χ4n) is 13.7. The van der Waals surface area contributed by atoms with E-state index in [-0.39, 0.29) is 63.8 Å². The van der Waals surface area contributed by atoms with E-state index < -0.39 is 41.5 Å². The van der Waals surface area contributed by atoms with Crippen LogP contribution in [0.25, 0.3) is 43.9 Å². The minimum Gasteiger partial charge on any atom is -0.313 e. The van der Waals surface area contributed by atoms with Crippen molar-refractivity contribution in [3.8, 4) is 0 Å². The van der Waals surface area contributed by atoms with Crippen molar-refractivity contribution in [1.29, 1.82) is 0 Å². The van der Waals surface area contributed by atoms with Crippen LogP contribution in [-0.4, -0.2) is 103 Å². The molecule has 3 aliphatic heterocycles. The van der Waals surface area contributed by atoms with Gasteiger partial charge in [-0.1, -0.05) is 114 Å². The molecule has 18 nitrogen and oxygen atoms in total. The summed E-state index contributed by atoms with van der Waals surface area (Å²) in [5.74, 6) is -3.41. The fraction of sp³-hybridized carbons (Fsp3) is 0.163. The summed E-state index contributed by atoms with van der Waals surface area (Å²) in [5, 5.41) is 3.32. The first-order valence-electron chi connectivity index (χ1n) is 33.2. The zero-order chi connectivity index (χ0) is 74.1. The number of benzodiazepines with no additional fused rings is 3. The Labute approximate surface area is 611 Å². The normalized spacial score (nSPS) is 15.8. The van der Waals surface area contributed by atoms with Gasteiger partial charge in [0, 0.05) is 116 Å². The van der Waals surface area contributed by atoms with Crippen LogP contribution in [0.15, 0.2) is 211 Å². The molecule has 16 rings (SSSR count). The Morgan fingerprint density at radius 1 is 0.390 bits per heavy atom. The van der Waals surface area contributed by atoms with Gasteiger partial charge in [0.1, 0.15) is 41.4 Å². The van der Waals surface area contributed by atoms with Crippen LogP contribution >= 0.6 is 34.8 Å². The van der Waals surface area contributed by atoms with E-state index >= 15 is 4.39 Å². The zero-order valence-electron chi connectivity index (χ0n) is 57.3. The van der Waals surface area contributed by atoms with Crippen molar-refractivity contribution in [3.05, 3.63) is 307 Å². The van der Waals surface area contributed by atoms with Crippen molar-refractivity contribution < 1.29 is 31.9 Å². The van der Waals surface area contributed by atoms with Gasteiger partial charge in [0.2, 0.25) is 0 Å². The molecule has 25 heteroatoms. The van der Waals surface area contributed by atoms with Crippen LogP contribution in [0.1, 0.15) is 55.6 Å². The van der Waals surface area contributed by atoms with E-state index in [1.807, 2.05) is 79.7 Å². The van der Waals surface area contributed by atoms with Gasteiger partial charge in [-0.15, -0.1) is 0 Å². The van der Waals surface area contributed by atoms with Gasteiger partial charge in [-0.25, -0.2) is 31.9 Å². The number of rotatable bonds is 9. The van der Waals surface area contributed by atoms with E-state index in [4.69, 9.17) is 49.8 Å². The number of aromatic amines is 3. The molecule has 105 heavy (non-hydrogen) atoms. The molecule has 10 aromatic carbocycles. The summed E-state index contributed by atoms with van der Waals surface area (Å²) in [4.78, 5) is 104. The lowest BCUT2D eigenvalue weighted by Gasteiger charge is -2.21. The van der Waals surface area contributed by atoms with Gasteiger partial charge >= 0.3 is 17.1 Å². The summed E-state index contributed by atoms with van der Waals surface area (Å²) in [6.45, 7) is 1.82. The van der Waals surface area contributed by atoms with E-state index in [0.29, 0.717) is 106 Å². The smallest absolute Gasteiger partial charge is 0.313 e. The van der Waals surface area contributed by atoms with Gasteiger partial charge in [0.15, 0.2) is 0 Å². The summed E-state index contributed by atoms with van der Waals surface area (Å²) in [5.41, 5.74) is 11.7. The third kappa shape index (κ3) is 13.5. The predicted octanol–water partition coefficient (Wildman–Crippen LogP) is 13.9. The first kappa shape index (κ1) is 70.3. The Kier molecular flexibility index (Phi) is 18.9. The number of fused-ring (bicyclic) bond motifs is 7. The summed E-state index contributed by atoms with van der Waals surface area (Å²) in [7, 11) is 9.86. The minimum atomic E-state index is -1.08. The fourth-order valence-corrected chi connectivity index (χ4v) is 14.2. The number of hydrogen-bond acceptors (Lipinski definition) is 9. The lowest BCUT2D eigenvalue weighted by Crippen LogP contribution is -2.36. The third-order valence-corrected chi connectivity index (χ3v) is 20.0. The second-order valence-electron chi connectivity index (χ2n) is 26.0. The Bertz CT molecular complexity index is 6070. The number of aromatic nitrogens is 6. The van der Waals surface area contributed by atoms with Gasteiger partial charge in [0.25, 0.3) is 17.7 Å². The maximum Gasteiger partial charge on any atom is 0.326 e. The molecule has 0 bridgehead atoms. The molecule has 3 aliphatic rings. The van der Waals surface area contributed by atoms with Gasteiger partial charge in [-0.05, 0) is 138 Å². The first-order chi connectivity index (χ1) is 50.3. The summed E-state index contributed by atoms with van der Waals surface area (Å²) < 4.78 is 63.3. The molecule has 0 fully saturated rings. The molecular formula is C80H63Cl3F4N12O6. The van der Waals surface area contributed by atoms with Gasteiger partial charge in [0.05, 0.1) is 67.3 Å². The molecule has 3 unspecified atom stereocenters. The monoisotopic (exact) mass is 1470 g/mol. The number of aliphatic imine (C=N–C) groups is 3. The topological polar surface area (TPSA) is 211 Å². The third-order valence-electron chi connectivity index (χ3n) is 19.3. The predicted molar refractivity (Wildman–Crippen MR) is 406 cm³/mol. The Morgan fingerprint density at radius 3 is 1.45 bits per heavy atom. The number of nitrogens with one attached hydrogen (secondary N) is 3. The highest BCUT2D eigenvalue weighted by molar-refractivity contribution is 6.33. The van der Waals surface area contributed by atoms with E-state index in [1.54, 1.807) is 120 Å². The van der Waals surface area contributed by atoms with Crippen LogP contribution < -0.4 is 31.8 Å². The van der Waals surface area contributed by atoms with Crippen LogP contribution in [0.2, 0.25) is 15.1 Å². The minimum absolute atomic E-state index is 0.116. The number of benzene rings is 10. The maximum atomic E-state index is 15.3. The number of H-pyrrole nitrogens is 3. The van der Waals surface area contributed by atoms with Crippen molar-refractivity contribution >= 4 is 131 Å². The van der Waals surface area contributed by atoms with E-state index in [1.165, 1.54) is 41.7 Å². The number of likely N-dealkylation sites (N-methyl/N-ethyl adjacent to an activating group) is 3. The SMILES string of the molecule is CN1C(=O)C(Cc2c(F)cccc2F)N=C(c2ccc3c(c2)[nH]c(=O)n3C)c2cc(Cl)ccc21.CN1C(=O)C(Cc2ccc3ccccc3c2)N=C(c2ccc3[nH]c(=O)n(C)c3c2)c2cc(Cl)cc(F)c21.Cc1ccc(CC2N=C(c3ccc4c(c3)[nH]c(=O)n4C)c3cc(Cl)ccc3N(C)C2=O)c(F)c1. The Balaban J connectivity index is 0.000000133. The van der Waals surface area contributed by atoms with Crippen LogP contribution in [-0.2, 0) is 54.8 Å². The number of amides is 3. The zero-order valence-corrected chi connectivity index (χ0v) is 59.6. The molecule has 3 amide bonds. The molecule has 3 N–H and O–H groups in total. The average molecular weight is 1470 g/mol. The van der Waals surface area contributed by atoms with Crippen molar-refractivity contribution in [2.75, 3.05) is 35.8 Å². The van der Waals surface area contributed by atoms with Crippen molar-refractivity contribution in [3.63, 3.8) is 0 Å². The summed E-state index contributed by atoms with van der Waals surface area (Å²) in [6, 6.07) is 49.3. The molecule has 6 heterocycles. The van der Waals surface area contributed by atoms with E-state index in [0.717, 1.165) is 45.1 Å². The number of hydrogen-bond donors (Lipinski definition) is 3. The molecule has 0 saturated heterocycles. The highest BCUT2D eigenvalue weighted by atomic mass is 35.5. The number of halogens is 7. The largest absolute Gasteiger partial charge is 0.326 e. The number of anilines is 3. The van der Waals surface area contributed by atoms with Gasteiger partial charge < -0.3 is 29.7 Å². The molecule has 3 atom stereocenters. The Morgan fingerprint density at radius 2 is 0.876 bits per heavy atom. The average Bonchev–Trinajstić information content (AvgIpc) is 1.65. The van der Waals surface area contributed by atoms with Crippen LogP contribution in [0, 0.1) is 30.2 Å². The number of nitrogens with zero attached hydrogens (tertiary/aromatic N) is 9. The lowest BCUT2D eigenvalue weighted by atomic mass is 9.99. The van der Waals surface area contributed by atoms with Gasteiger partial charge in [-0.2, -0.15) is 0 Å². The Hall–Kier alpha value is -11.7. The second-order valence-corrected chi connectivity index (χ2v) is 27.3. The highest BCUT2D eigenvalue weighted by Gasteiger charge is 2.36. The van der Waals surface area contributed by atoms with Crippen molar-refractivity contribution in [2.45, 2.75) is 44.3 Å². The number of carbonyl (C=O) groups is 3. The number of aryl methyl sites for hydroxylation is 4. The molecule has 13 aromatic rings. The maximum absolute atomic E-state index is 15.3. The highest BCUT2D eigenvalue weighted by Crippen LogP contribution is 2.37. The standard InChI is InChI=1S/C29H22ClFN4O2.C26H22ClFN4O2.C25H19ClF2N4O2/c1-34-25-13-19(9-10-23(25)33-29(34)37)26-21-14-20(30)15-22(31)27(21)35(2)28(36)24(32-26)12-16-7-8-17-5-3-4-6-18(17)11-16;1-14-4-5-15(19(28)10-14)11-21-25(33)31(2)22-9-7-17(27)13-18(22)24(29-21)16-6-8-23-20(12-16)30-26(34)32(23)3;1-31-21-9-7-14(26)11-16(21)23(13-6-8-22-19(10-13)30-25(34)32(22)2)29-20(24(31)33)12-15-17(27)4-3-5-18(15)28/h3-11,13-15,24H,12H2,1-2H3,(H,33,37);4-10,12-13,21H,11H2,1-3H3,(H,30,34);3-11,20H,12H2,1-2H3,(H,30,34). The molecular weight excluding hydrogens is 1410 g/mol. The molecule has 528 valence electrons. The quantitative estimate of drug-likeness (QED) is 0.120. The molecule has 0 spiro atoms. The van der Waals surface area contributed by atoms with Crippen LogP contribution in [0.4, 0.5) is 34.6 Å². The second kappa shape index (κ2) is 28.1. The van der Waals surface area contributed by atoms with Crippen molar-refractivity contribution in [1.82, 2.24) is 28.7 Å². The molecule has 0 aliphatic carbocycles. The lowest BCUT2D eigenvalue weighted by molar-refractivity contribution is -0.120. The van der Waals surface area contributed by atoms with Crippen LogP contribution in [0.3, 0.4) is 0 Å².